The van der Waals surface area contributed by atoms with E-state index in [4.69, 9.17) is 4.74 Å². The Morgan fingerprint density at radius 3 is 2.59 bits per heavy atom. The number of aldehydes is 1. The molecule has 1 saturated carbocycles. The summed E-state index contributed by atoms with van der Waals surface area (Å²) < 4.78 is 7.55. The summed E-state index contributed by atoms with van der Waals surface area (Å²) >= 11 is 0. The molecule has 2 fully saturated rings. The van der Waals surface area contributed by atoms with Crippen molar-refractivity contribution in [3.63, 3.8) is 0 Å². The van der Waals surface area contributed by atoms with Crippen LogP contribution in [0.4, 0.5) is 4.79 Å². The van der Waals surface area contributed by atoms with Crippen LogP contribution < -0.4 is 0 Å². The third-order valence-corrected chi connectivity index (χ3v) is 5.87. The number of benzene rings is 1. The molecule has 0 N–H and O–H groups in total. The van der Waals surface area contributed by atoms with E-state index >= 15 is 0 Å². The summed E-state index contributed by atoms with van der Waals surface area (Å²) in [6, 6.07) is 6.01. The highest BCUT2D eigenvalue weighted by Crippen LogP contribution is 2.54. The van der Waals surface area contributed by atoms with Crippen molar-refractivity contribution >= 4 is 23.3 Å². The number of hydrogen-bond donors (Lipinski definition) is 0. The van der Waals surface area contributed by atoms with E-state index in [2.05, 4.69) is 16.0 Å². The van der Waals surface area contributed by atoms with Gasteiger partial charge in [-0.3, -0.25) is 9.48 Å². The molecule has 1 aliphatic heterocycles. The largest absolute Gasteiger partial charge is 0.444 e. The molecule has 0 radical (unpaired) electrons. The van der Waals surface area contributed by atoms with Crippen LogP contribution in [0.5, 0.6) is 0 Å². The summed E-state index contributed by atoms with van der Waals surface area (Å²) in [6.45, 7) is 7.24. The van der Waals surface area contributed by atoms with Crippen molar-refractivity contribution in [2.45, 2.75) is 58.1 Å². The summed E-state index contributed by atoms with van der Waals surface area (Å²) in [5, 5.41) is 5.70. The van der Waals surface area contributed by atoms with Gasteiger partial charge in [-0.1, -0.05) is 0 Å². The smallest absolute Gasteiger partial charge is 0.410 e. The molecule has 1 aliphatic carbocycles. The summed E-state index contributed by atoms with van der Waals surface area (Å²) in [5.74, 6) is 0. The maximum absolute atomic E-state index is 12.2. The number of rotatable bonds is 2. The molecule has 1 saturated heterocycles. The molecule has 27 heavy (non-hydrogen) atoms. The van der Waals surface area contributed by atoms with Crippen molar-refractivity contribution in [1.29, 1.82) is 0 Å². The summed E-state index contributed by atoms with van der Waals surface area (Å²) in [4.78, 5) is 25.0. The molecule has 0 atom stereocenters. The van der Waals surface area contributed by atoms with Crippen LogP contribution in [0.25, 0.3) is 10.9 Å². The molecule has 144 valence electrons. The number of carbonyl (C=O) groups is 2. The minimum absolute atomic E-state index is 0.197. The Balaban J connectivity index is 1.36. The summed E-state index contributed by atoms with van der Waals surface area (Å²) in [7, 11) is 0. The standard InChI is InChI=1S/C21H27N3O3/c1-20(2,3)27-19(26)23-8-6-21(7-9-23)11-17(12-21)24-13-16-10-15(14-25)4-5-18(16)22-24/h4-5,10,13-14,17H,6-9,11-12H2,1-3H3. The molecule has 6 nitrogen and oxygen atoms in total. The Bertz CT molecular complexity index is 864. The molecule has 0 unspecified atom stereocenters. The second kappa shape index (κ2) is 6.36. The molecular formula is C21H27N3O3. The van der Waals surface area contributed by atoms with Gasteiger partial charge in [-0.15, -0.1) is 0 Å². The zero-order valence-corrected chi connectivity index (χ0v) is 16.3. The molecule has 2 aromatic rings. The zero-order chi connectivity index (χ0) is 19.2. The molecule has 1 aromatic carbocycles. The minimum atomic E-state index is -0.445. The molecule has 1 spiro atoms. The first-order chi connectivity index (χ1) is 12.8. The van der Waals surface area contributed by atoms with E-state index in [1.165, 1.54) is 0 Å². The highest BCUT2D eigenvalue weighted by molar-refractivity contribution is 5.86. The second-order valence-electron chi connectivity index (χ2n) is 9.07. The van der Waals surface area contributed by atoms with Crippen LogP contribution >= 0.6 is 0 Å². The van der Waals surface area contributed by atoms with Crippen molar-refractivity contribution in [2.75, 3.05) is 13.1 Å². The van der Waals surface area contributed by atoms with Gasteiger partial charge in [0.15, 0.2) is 0 Å². The van der Waals surface area contributed by atoms with Gasteiger partial charge in [0, 0.05) is 30.2 Å². The topological polar surface area (TPSA) is 64.4 Å². The Kier molecular flexibility index (Phi) is 4.24. The number of aromatic nitrogens is 2. The van der Waals surface area contributed by atoms with E-state index in [1.54, 1.807) is 6.07 Å². The van der Waals surface area contributed by atoms with E-state index in [0.29, 0.717) is 17.0 Å². The lowest BCUT2D eigenvalue weighted by Gasteiger charge is -2.52. The van der Waals surface area contributed by atoms with Crippen molar-refractivity contribution in [3.8, 4) is 0 Å². The van der Waals surface area contributed by atoms with Crippen LogP contribution in [0.1, 0.15) is 62.9 Å². The predicted molar refractivity (Wildman–Crippen MR) is 103 cm³/mol. The number of amides is 1. The average molecular weight is 369 g/mol. The van der Waals surface area contributed by atoms with E-state index < -0.39 is 5.60 Å². The number of fused-ring (bicyclic) bond motifs is 1. The van der Waals surface area contributed by atoms with Crippen molar-refractivity contribution < 1.29 is 14.3 Å². The van der Waals surface area contributed by atoms with Gasteiger partial charge in [0.1, 0.15) is 11.9 Å². The normalized spacial score (nSPS) is 19.9. The number of carbonyl (C=O) groups excluding carboxylic acids is 2. The molecule has 2 heterocycles. The zero-order valence-electron chi connectivity index (χ0n) is 16.3. The Morgan fingerprint density at radius 1 is 1.26 bits per heavy atom. The van der Waals surface area contributed by atoms with Crippen molar-refractivity contribution in [1.82, 2.24) is 14.7 Å². The summed E-state index contributed by atoms with van der Waals surface area (Å²) in [6.07, 6.45) is 6.98. The SMILES string of the molecule is CC(C)(C)OC(=O)N1CCC2(CC1)CC(n1cc3cc(C=O)ccc3n1)C2. The molecule has 2 aliphatic rings. The molecule has 1 amide bonds. The second-order valence-corrected chi connectivity index (χ2v) is 9.07. The Hall–Kier alpha value is -2.37. The van der Waals surface area contributed by atoms with Crippen LogP contribution in [0.2, 0.25) is 0 Å². The van der Waals surface area contributed by atoms with Gasteiger partial charge >= 0.3 is 6.09 Å². The number of piperidine rings is 1. The van der Waals surface area contributed by atoms with Crippen molar-refractivity contribution in [2.24, 2.45) is 5.41 Å². The van der Waals surface area contributed by atoms with Crippen LogP contribution in [0, 0.1) is 5.41 Å². The quantitative estimate of drug-likeness (QED) is 0.744. The summed E-state index contributed by atoms with van der Waals surface area (Å²) in [5.41, 5.74) is 1.50. The van der Waals surface area contributed by atoms with Crippen LogP contribution in [-0.4, -0.2) is 45.8 Å². The highest BCUT2D eigenvalue weighted by atomic mass is 16.6. The first kappa shape index (κ1) is 18.0. The van der Waals surface area contributed by atoms with Crippen LogP contribution in [0.15, 0.2) is 24.4 Å². The van der Waals surface area contributed by atoms with E-state index in [9.17, 15) is 9.59 Å². The van der Waals surface area contributed by atoms with Gasteiger partial charge in [0.2, 0.25) is 0 Å². The average Bonchev–Trinajstić information content (AvgIpc) is 3.00. The van der Waals surface area contributed by atoms with E-state index in [1.807, 2.05) is 37.8 Å². The third kappa shape index (κ3) is 3.57. The fourth-order valence-corrected chi connectivity index (χ4v) is 4.35. The molecule has 4 rings (SSSR count). The lowest BCUT2D eigenvalue weighted by atomic mass is 9.60. The number of likely N-dealkylation sites (tertiary alicyclic amines) is 1. The molecular weight excluding hydrogens is 342 g/mol. The molecule has 1 aromatic heterocycles. The van der Waals surface area contributed by atoms with Gasteiger partial charge in [-0.05, 0) is 70.1 Å². The first-order valence-corrected chi connectivity index (χ1v) is 9.69. The Labute approximate surface area is 159 Å². The molecule has 6 heteroatoms. The fourth-order valence-electron chi connectivity index (χ4n) is 4.35. The first-order valence-electron chi connectivity index (χ1n) is 9.69. The van der Waals surface area contributed by atoms with Gasteiger partial charge in [0.25, 0.3) is 0 Å². The number of hydrogen-bond acceptors (Lipinski definition) is 4. The highest BCUT2D eigenvalue weighted by Gasteiger charge is 2.47. The lowest BCUT2D eigenvalue weighted by molar-refractivity contribution is -0.0257. The minimum Gasteiger partial charge on any atom is -0.444 e. The maximum Gasteiger partial charge on any atom is 0.410 e. The molecule has 0 bridgehead atoms. The van der Waals surface area contributed by atoms with Gasteiger partial charge in [-0.25, -0.2) is 4.79 Å². The fraction of sp³-hybridized carbons (Fsp3) is 0.571. The Morgan fingerprint density at radius 2 is 1.96 bits per heavy atom. The van der Waals surface area contributed by atoms with Gasteiger partial charge in [0.05, 0.1) is 11.6 Å². The van der Waals surface area contributed by atoms with Crippen LogP contribution in [-0.2, 0) is 4.74 Å². The van der Waals surface area contributed by atoms with E-state index in [-0.39, 0.29) is 6.09 Å². The van der Waals surface area contributed by atoms with Gasteiger partial charge < -0.3 is 9.64 Å². The third-order valence-electron chi connectivity index (χ3n) is 5.87. The predicted octanol–water partition coefficient (Wildman–Crippen LogP) is 4.20. The van der Waals surface area contributed by atoms with Gasteiger partial charge in [-0.2, -0.15) is 5.10 Å². The number of ether oxygens (including phenoxy) is 1. The van der Waals surface area contributed by atoms with E-state index in [0.717, 1.165) is 56.0 Å². The lowest BCUT2D eigenvalue weighted by Crippen LogP contribution is -2.50. The van der Waals surface area contributed by atoms with Crippen molar-refractivity contribution in [3.05, 3.63) is 30.0 Å². The number of nitrogens with zero attached hydrogens (tertiary/aromatic N) is 3. The maximum atomic E-state index is 12.2. The monoisotopic (exact) mass is 369 g/mol. The van der Waals surface area contributed by atoms with Crippen LogP contribution in [0.3, 0.4) is 0 Å².